The minimum atomic E-state index is -1.86. The molecule has 0 spiro atoms. The van der Waals surface area contributed by atoms with E-state index in [1.165, 1.54) is 0 Å². The first-order valence-corrected chi connectivity index (χ1v) is 13.4. The van der Waals surface area contributed by atoms with Gasteiger partial charge in [-0.3, -0.25) is 14.4 Å². The number of nitrogens with zero attached hydrogens (tertiary/aromatic N) is 2. The van der Waals surface area contributed by atoms with Crippen LogP contribution in [0, 0.1) is 19.3 Å². The number of alkyl halides is 1. The Morgan fingerprint density at radius 2 is 1.97 bits per heavy atom. The molecule has 0 bridgehead atoms. The first-order chi connectivity index (χ1) is 16.9. The average Bonchev–Trinajstić information content (AvgIpc) is 3.20. The number of halogens is 1. The highest BCUT2D eigenvalue weighted by Gasteiger charge is 2.53. The lowest BCUT2D eigenvalue weighted by Gasteiger charge is -2.35. The van der Waals surface area contributed by atoms with Crippen LogP contribution in [0.4, 0.5) is 4.39 Å². The quantitative estimate of drug-likeness (QED) is 0.583. The molecule has 1 aliphatic carbocycles. The summed E-state index contributed by atoms with van der Waals surface area (Å²) >= 11 is 1.60. The average molecular weight is 515 g/mol. The van der Waals surface area contributed by atoms with E-state index in [9.17, 15) is 18.8 Å². The summed E-state index contributed by atoms with van der Waals surface area (Å²) in [5.74, 6) is -1.28. The van der Waals surface area contributed by atoms with Crippen LogP contribution in [0.15, 0.2) is 23.7 Å². The molecule has 194 valence electrons. The highest BCUT2D eigenvalue weighted by Crippen LogP contribution is 2.40. The van der Waals surface area contributed by atoms with Gasteiger partial charge in [-0.15, -0.1) is 11.3 Å². The molecule has 2 heterocycles. The van der Waals surface area contributed by atoms with Gasteiger partial charge in [0.15, 0.2) is 5.67 Å². The van der Waals surface area contributed by atoms with Crippen LogP contribution >= 0.6 is 11.3 Å². The van der Waals surface area contributed by atoms with Gasteiger partial charge in [-0.25, -0.2) is 9.37 Å². The topological polar surface area (TPSA) is 91.4 Å². The number of hydrogen-bond donors (Lipinski definition) is 2. The summed E-state index contributed by atoms with van der Waals surface area (Å²) in [5.41, 5.74) is 3.51. The maximum atomic E-state index is 14.3. The number of benzene rings is 1. The molecule has 1 aliphatic heterocycles. The third-order valence-corrected chi connectivity index (χ3v) is 8.10. The number of aromatic nitrogens is 1. The van der Waals surface area contributed by atoms with Crippen molar-refractivity contribution >= 4 is 29.1 Å². The molecular formula is C27H35FN4O3S. The van der Waals surface area contributed by atoms with Crippen LogP contribution in [0.25, 0.3) is 10.4 Å². The predicted molar refractivity (Wildman–Crippen MR) is 138 cm³/mol. The van der Waals surface area contributed by atoms with Gasteiger partial charge in [-0.2, -0.15) is 0 Å². The molecule has 7 nitrogen and oxygen atoms in total. The second-order valence-electron chi connectivity index (χ2n) is 11.1. The molecule has 36 heavy (non-hydrogen) atoms. The standard InChI is InChI=1S/C27H35FN4O3S/c1-16-13-18(21-17(2)30-15-36-21)8-9-19(16)14-29-23(33)20-7-6-12-32(20)24(34)22(26(3,4)5)31-25(35)27(28)10-11-27/h8-9,13,15,20,22H,6-7,10-12,14H2,1-5H3,(H,29,33)(H,31,35). The maximum Gasteiger partial charge on any atom is 0.258 e. The van der Waals surface area contributed by atoms with Gasteiger partial charge in [0.05, 0.1) is 16.1 Å². The van der Waals surface area contributed by atoms with E-state index in [0.717, 1.165) is 27.3 Å². The van der Waals surface area contributed by atoms with Crippen LogP contribution in [0.5, 0.6) is 0 Å². The fraction of sp³-hybridized carbons (Fsp3) is 0.556. The summed E-state index contributed by atoms with van der Waals surface area (Å²) in [7, 11) is 0. The summed E-state index contributed by atoms with van der Waals surface area (Å²) in [6.07, 6.45) is 1.62. The lowest BCUT2D eigenvalue weighted by Crippen LogP contribution is -2.58. The maximum absolute atomic E-state index is 14.3. The molecule has 2 fully saturated rings. The minimum absolute atomic E-state index is 0.183. The monoisotopic (exact) mass is 514 g/mol. The van der Waals surface area contributed by atoms with Crippen molar-refractivity contribution in [2.75, 3.05) is 6.54 Å². The van der Waals surface area contributed by atoms with Gasteiger partial charge in [-0.05, 0) is 61.6 Å². The van der Waals surface area contributed by atoms with E-state index < -0.39 is 29.1 Å². The zero-order valence-corrected chi connectivity index (χ0v) is 22.4. The van der Waals surface area contributed by atoms with Gasteiger partial charge in [-0.1, -0.05) is 39.0 Å². The molecule has 1 saturated heterocycles. The van der Waals surface area contributed by atoms with E-state index in [2.05, 4.69) is 21.7 Å². The number of carbonyl (C=O) groups excluding carboxylic acids is 3. The Balaban J connectivity index is 1.42. The zero-order chi connectivity index (χ0) is 26.3. The largest absolute Gasteiger partial charge is 0.350 e. The number of hydrogen-bond acceptors (Lipinski definition) is 5. The molecule has 1 saturated carbocycles. The molecule has 2 unspecified atom stereocenters. The van der Waals surface area contributed by atoms with E-state index in [1.807, 2.05) is 52.3 Å². The molecule has 1 aromatic heterocycles. The molecule has 3 amide bonds. The van der Waals surface area contributed by atoms with Crippen LogP contribution in [-0.4, -0.2) is 51.9 Å². The van der Waals surface area contributed by atoms with E-state index >= 15 is 0 Å². The predicted octanol–water partition coefficient (Wildman–Crippen LogP) is 4.07. The van der Waals surface area contributed by atoms with Crippen molar-refractivity contribution < 1.29 is 18.8 Å². The lowest BCUT2D eigenvalue weighted by atomic mass is 9.85. The second kappa shape index (κ2) is 9.92. The van der Waals surface area contributed by atoms with Crippen molar-refractivity contribution in [2.24, 2.45) is 5.41 Å². The van der Waals surface area contributed by atoms with Gasteiger partial charge in [0.2, 0.25) is 11.8 Å². The Kier molecular flexibility index (Phi) is 7.23. The Morgan fingerprint density at radius 3 is 2.56 bits per heavy atom. The summed E-state index contributed by atoms with van der Waals surface area (Å²) in [4.78, 5) is 46.0. The summed E-state index contributed by atoms with van der Waals surface area (Å²) < 4.78 is 14.3. The van der Waals surface area contributed by atoms with Crippen molar-refractivity contribution in [3.63, 3.8) is 0 Å². The third kappa shape index (κ3) is 5.45. The summed E-state index contributed by atoms with van der Waals surface area (Å²) in [6.45, 7) is 10.3. The van der Waals surface area contributed by atoms with Crippen LogP contribution in [-0.2, 0) is 20.9 Å². The Bertz CT molecular complexity index is 1170. The lowest BCUT2D eigenvalue weighted by molar-refractivity contribution is -0.144. The van der Waals surface area contributed by atoms with Gasteiger partial charge < -0.3 is 15.5 Å². The second-order valence-corrected chi connectivity index (χ2v) is 11.9. The molecular weight excluding hydrogens is 479 g/mol. The number of likely N-dealkylation sites (tertiary alicyclic amines) is 1. The number of carbonyl (C=O) groups is 3. The fourth-order valence-corrected chi connectivity index (χ4v) is 5.43. The smallest absolute Gasteiger partial charge is 0.258 e. The van der Waals surface area contributed by atoms with Crippen LogP contribution in [0.2, 0.25) is 0 Å². The first-order valence-electron chi connectivity index (χ1n) is 12.5. The number of thiazole rings is 1. The van der Waals surface area contributed by atoms with Crippen molar-refractivity contribution in [1.29, 1.82) is 0 Å². The Hall–Kier alpha value is -2.81. The zero-order valence-electron chi connectivity index (χ0n) is 21.6. The van der Waals surface area contributed by atoms with Gasteiger partial charge >= 0.3 is 0 Å². The molecule has 2 N–H and O–H groups in total. The van der Waals surface area contributed by atoms with Crippen molar-refractivity contribution in [3.8, 4) is 10.4 Å². The molecule has 1 aromatic carbocycles. The highest BCUT2D eigenvalue weighted by atomic mass is 32.1. The normalized spacial score (nSPS) is 19.6. The van der Waals surface area contributed by atoms with E-state index in [-0.39, 0.29) is 24.7 Å². The number of nitrogens with one attached hydrogen (secondary N) is 2. The van der Waals surface area contributed by atoms with E-state index in [0.29, 0.717) is 25.9 Å². The van der Waals surface area contributed by atoms with E-state index in [1.54, 1.807) is 16.2 Å². The Labute approximate surface area is 215 Å². The number of rotatable bonds is 7. The van der Waals surface area contributed by atoms with Crippen molar-refractivity contribution in [1.82, 2.24) is 20.5 Å². The molecule has 2 aliphatic rings. The Morgan fingerprint density at radius 1 is 1.25 bits per heavy atom. The van der Waals surface area contributed by atoms with Crippen LogP contribution in [0.3, 0.4) is 0 Å². The minimum Gasteiger partial charge on any atom is -0.350 e. The molecule has 4 rings (SSSR count). The summed E-state index contributed by atoms with van der Waals surface area (Å²) in [6, 6.07) is 4.63. The van der Waals surface area contributed by atoms with Crippen molar-refractivity contribution in [3.05, 3.63) is 40.5 Å². The number of aryl methyl sites for hydroxylation is 2. The number of amides is 3. The fourth-order valence-electron chi connectivity index (χ4n) is 4.63. The highest BCUT2D eigenvalue weighted by molar-refractivity contribution is 7.13. The van der Waals surface area contributed by atoms with Crippen LogP contribution < -0.4 is 10.6 Å². The third-order valence-electron chi connectivity index (χ3n) is 7.13. The van der Waals surface area contributed by atoms with Gasteiger partial charge in [0.25, 0.3) is 5.91 Å². The summed E-state index contributed by atoms with van der Waals surface area (Å²) in [5, 5.41) is 5.64. The first kappa shape index (κ1) is 26.3. The molecule has 2 aromatic rings. The van der Waals surface area contributed by atoms with Crippen LogP contribution in [0.1, 0.15) is 63.3 Å². The SMILES string of the molecule is Cc1cc(-c2scnc2C)ccc1CNC(=O)C1CCCN1C(=O)C(NC(=O)C1(F)CC1)C(C)(C)C. The van der Waals surface area contributed by atoms with E-state index in [4.69, 9.17) is 0 Å². The van der Waals surface area contributed by atoms with Gasteiger partial charge in [0, 0.05) is 13.1 Å². The molecule has 2 atom stereocenters. The van der Waals surface area contributed by atoms with Crippen molar-refractivity contribution in [2.45, 2.75) is 84.6 Å². The van der Waals surface area contributed by atoms with Gasteiger partial charge in [0.1, 0.15) is 12.1 Å². The molecule has 9 heteroatoms. The molecule has 0 radical (unpaired) electrons.